The molecule has 0 fully saturated rings. The zero-order valence-corrected chi connectivity index (χ0v) is 9.52. The van der Waals surface area contributed by atoms with Crippen LogP contribution >= 0.6 is 0 Å². The van der Waals surface area contributed by atoms with Gasteiger partial charge in [-0.25, -0.2) is 0 Å². The van der Waals surface area contributed by atoms with Crippen molar-refractivity contribution >= 4 is 11.9 Å². The Morgan fingerprint density at radius 1 is 1.00 bits per heavy atom. The molecule has 0 bridgehead atoms. The maximum Gasteiger partial charge on any atom is 2.00 e. The minimum Gasteiger partial charge on any atom is -0.665 e. The molecule has 0 rings (SSSR count). The summed E-state index contributed by atoms with van der Waals surface area (Å²) in [5, 5.41) is 16.0. The molecule has 0 aromatic carbocycles. The van der Waals surface area contributed by atoms with E-state index in [1.165, 1.54) is 0 Å². The Hall–Kier alpha value is -0.621. The zero-order valence-electron chi connectivity index (χ0n) is 8.58. The fraction of sp³-hybridized carbons (Fsp3) is 0.750. The normalized spacial score (nSPS) is 12.5. The largest absolute Gasteiger partial charge is 2.00 e. The Morgan fingerprint density at radius 3 is 1.20 bits per heavy atom. The van der Waals surface area contributed by atoms with Gasteiger partial charge in [0, 0.05) is 0 Å². The zero-order chi connectivity index (χ0) is 11.7. The van der Waals surface area contributed by atoms with Crippen molar-refractivity contribution in [3.8, 4) is 0 Å². The van der Waals surface area contributed by atoms with Gasteiger partial charge in [0.1, 0.15) is 0 Å². The van der Waals surface area contributed by atoms with E-state index in [0.717, 1.165) is 0 Å². The van der Waals surface area contributed by atoms with Crippen molar-refractivity contribution < 1.29 is 36.9 Å². The molecule has 0 aromatic heterocycles. The van der Waals surface area contributed by atoms with Crippen LogP contribution in [0.4, 0.5) is 0 Å². The van der Waals surface area contributed by atoms with Crippen molar-refractivity contribution in [3.05, 3.63) is 11.5 Å². The fourth-order valence-electron chi connectivity index (χ4n) is 0.349. The molecule has 1 radical (unpaired) electrons. The van der Waals surface area contributed by atoms with Gasteiger partial charge < -0.3 is 21.7 Å². The van der Waals surface area contributed by atoms with Crippen LogP contribution in [-0.4, -0.2) is 34.2 Å². The number of carbonyl (C=O) groups is 2. The average molecular weight is 268 g/mol. The third-order valence-electron chi connectivity index (χ3n) is 1.41. The standard InChI is InChI=1S/2C4H8NO2.Cu/c2*1-2-3(5)4(6)7;/h2*3,5H,2H2,1H3,(H,6,7);/q2*-1;+2. The maximum atomic E-state index is 9.74. The average Bonchev–Trinajstić information content (AvgIpc) is 2.15. The van der Waals surface area contributed by atoms with E-state index >= 15 is 0 Å². The van der Waals surface area contributed by atoms with Crippen LogP contribution in [0, 0.1) is 0 Å². The Kier molecular flexibility index (Phi) is 15.2. The molecule has 0 amide bonds. The van der Waals surface area contributed by atoms with Crippen LogP contribution in [0.2, 0.25) is 0 Å². The Balaban J connectivity index is -0.000000180. The molecule has 0 saturated carbocycles. The van der Waals surface area contributed by atoms with Gasteiger partial charge >= 0.3 is 17.1 Å². The third kappa shape index (κ3) is 13.4. The number of aliphatic carboxylic acids is 2. The van der Waals surface area contributed by atoms with Crippen LogP contribution in [0.3, 0.4) is 0 Å². The van der Waals surface area contributed by atoms with Crippen LogP contribution in [0.1, 0.15) is 26.7 Å². The van der Waals surface area contributed by atoms with Gasteiger partial charge in [0.25, 0.3) is 11.9 Å². The maximum absolute atomic E-state index is 9.74. The minimum atomic E-state index is -1.04. The van der Waals surface area contributed by atoms with Gasteiger partial charge in [-0.15, -0.1) is 0 Å². The van der Waals surface area contributed by atoms with Crippen LogP contribution in [0.5, 0.6) is 0 Å². The molecule has 0 aliphatic rings. The Morgan fingerprint density at radius 2 is 1.20 bits per heavy atom. The van der Waals surface area contributed by atoms with Crippen LogP contribution in [-0.2, 0) is 26.7 Å². The summed E-state index contributed by atoms with van der Waals surface area (Å²) in [6.07, 6.45) is 0.769. The molecule has 7 heteroatoms. The van der Waals surface area contributed by atoms with E-state index < -0.39 is 24.0 Å². The molecule has 0 saturated heterocycles. The first kappa shape index (κ1) is 19.9. The summed E-state index contributed by atoms with van der Waals surface area (Å²) in [4.78, 5) is 19.5. The number of hydrogen-bond donors (Lipinski definition) is 2. The number of rotatable bonds is 4. The summed E-state index contributed by atoms with van der Waals surface area (Å²) in [6, 6.07) is -1.86. The Bertz CT molecular complexity index is 169. The molecule has 6 nitrogen and oxygen atoms in total. The van der Waals surface area contributed by atoms with Crippen molar-refractivity contribution in [2.75, 3.05) is 0 Å². The molecule has 93 valence electrons. The molecule has 0 spiro atoms. The van der Waals surface area contributed by atoms with E-state index in [4.69, 9.17) is 21.7 Å². The van der Waals surface area contributed by atoms with Gasteiger partial charge in [0.2, 0.25) is 0 Å². The van der Waals surface area contributed by atoms with Crippen LogP contribution in [0.25, 0.3) is 11.5 Å². The first-order valence-electron chi connectivity index (χ1n) is 4.24. The second kappa shape index (κ2) is 11.5. The van der Waals surface area contributed by atoms with E-state index in [2.05, 4.69) is 0 Å². The van der Waals surface area contributed by atoms with Gasteiger partial charge in [0.05, 0.1) is 0 Å². The fourth-order valence-corrected chi connectivity index (χ4v) is 0.349. The van der Waals surface area contributed by atoms with Crippen molar-refractivity contribution in [1.82, 2.24) is 0 Å². The predicted octanol–water partition coefficient (Wildman–Crippen LogP) is 1.80. The second-order valence-electron chi connectivity index (χ2n) is 2.60. The van der Waals surface area contributed by atoms with Gasteiger partial charge in [-0.1, -0.05) is 26.7 Å². The summed E-state index contributed by atoms with van der Waals surface area (Å²) in [5.74, 6) is -2.08. The summed E-state index contributed by atoms with van der Waals surface area (Å²) < 4.78 is 0. The number of nitrogens with one attached hydrogen (secondary N) is 2. The summed E-state index contributed by atoms with van der Waals surface area (Å²) >= 11 is 0. The molecule has 0 aliphatic carbocycles. The predicted molar refractivity (Wildman–Crippen MR) is 52.1 cm³/mol. The van der Waals surface area contributed by atoms with Crippen molar-refractivity contribution in [2.24, 2.45) is 0 Å². The van der Waals surface area contributed by atoms with E-state index in [-0.39, 0.29) is 17.1 Å². The van der Waals surface area contributed by atoms with E-state index in [9.17, 15) is 9.59 Å². The molecule has 4 N–H and O–H groups in total. The molecule has 2 atom stereocenters. The van der Waals surface area contributed by atoms with Crippen LogP contribution < -0.4 is 0 Å². The number of hydrogen-bond acceptors (Lipinski definition) is 2. The topological polar surface area (TPSA) is 122 Å². The molecule has 0 aliphatic heterocycles. The molecular weight excluding hydrogens is 252 g/mol. The number of carboxylic acid groups (broad SMARTS) is 2. The summed E-state index contributed by atoms with van der Waals surface area (Å²) in [7, 11) is 0. The first-order chi connectivity index (χ1) is 6.36. The summed E-state index contributed by atoms with van der Waals surface area (Å²) in [6.45, 7) is 3.34. The van der Waals surface area contributed by atoms with Crippen molar-refractivity contribution in [3.63, 3.8) is 0 Å². The van der Waals surface area contributed by atoms with E-state index in [1.54, 1.807) is 13.8 Å². The van der Waals surface area contributed by atoms with Gasteiger partial charge in [-0.05, 0) is 12.1 Å². The number of carboxylic acids is 2. The quantitative estimate of drug-likeness (QED) is 0.754. The van der Waals surface area contributed by atoms with Gasteiger partial charge in [0.15, 0.2) is 0 Å². The molecule has 15 heavy (non-hydrogen) atoms. The SMILES string of the molecule is CCC([NH-])C(=O)O.CCC([NH-])C(=O)O.[Cu+2]. The third-order valence-corrected chi connectivity index (χ3v) is 1.41. The van der Waals surface area contributed by atoms with Crippen molar-refractivity contribution in [2.45, 2.75) is 38.8 Å². The smallest absolute Gasteiger partial charge is 0.665 e. The van der Waals surface area contributed by atoms with Gasteiger partial charge in [-0.3, -0.25) is 9.59 Å². The second-order valence-corrected chi connectivity index (χ2v) is 2.60. The molecule has 0 heterocycles. The van der Waals surface area contributed by atoms with Crippen molar-refractivity contribution in [1.29, 1.82) is 0 Å². The van der Waals surface area contributed by atoms with Gasteiger partial charge in [-0.2, -0.15) is 0 Å². The molecule has 2 unspecified atom stereocenters. The molecular formula is C8H16CuN2O4. The van der Waals surface area contributed by atoms with Crippen LogP contribution in [0.15, 0.2) is 0 Å². The first-order valence-corrected chi connectivity index (χ1v) is 4.24. The summed E-state index contributed by atoms with van der Waals surface area (Å²) in [5.41, 5.74) is 13.4. The Labute approximate surface area is 99.5 Å². The van der Waals surface area contributed by atoms with E-state index in [0.29, 0.717) is 12.8 Å². The van der Waals surface area contributed by atoms with E-state index in [1.807, 2.05) is 0 Å². The monoisotopic (exact) mass is 267 g/mol. The molecule has 0 aromatic rings. The minimum absolute atomic E-state index is 0.